The van der Waals surface area contributed by atoms with Crippen molar-refractivity contribution in [1.82, 2.24) is 10.4 Å². The summed E-state index contributed by atoms with van der Waals surface area (Å²) in [4.78, 5) is 3.18. The Balaban J connectivity index is 2.11. The number of hydrazine groups is 1. The lowest BCUT2D eigenvalue weighted by molar-refractivity contribution is 0.607. The van der Waals surface area contributed by atoms with Crippen LogP contribution in [0.4, 0.5) is 4.39 Å². The van der Waals surface area contributed by atoms with Crippen LogP contribution in [0.3, 0.4) is 0 Å². The molecule has 0 spiro atoms. The van der Waals surface area contributed by atoms with Crippen molar-refractivity contribution in [3.05, 3.63) is 70.6 Å². The first kappa shape index (κ1) is 13.1. The number of benzene rings is 2. The number of halogens is 2. The maximum Gasteiger partial charge on any atom is 0.142 e. The number of para-hydroxylation sites is 1. The second kappa shape index (κ2) is 5.25. The fourth-order valence-corrected chi connectivity index (χ4v) is 2.51. The van der Waals surface area contributed by atoms with Crippen molar-refractivity contribution >= 4 is 22.5 Å². The molecule has 0 bridgehead atoms. The van der Waals surface area contributed by atoms with Gasteiger partial charge in [-0.1, -0.05) is 35.9 Å². The Morgan fingerprint density at radius 1 is 1.20 bits per heavy atom. The zero-order valence-corrected chi connectivity index (χ0v) is 11.3. The summed E-state index contributed by atoms with van der Waals surface area (Å²) in [6.45, 7) is 0. The van der Waals surface area contributed by atoms with Gasteiger partial charge in [-0.3, -0.25) is 5.84 Å². The van der Waals surface area contributed by atoms with Crippen LogP contribution < -0.4 is 11.3 Å². The van der Waals surface area contributed by atoms with Crippen LogP contribution in [0.2, 0.25) is 5.02 Å². The fraction of sp³-hybridized carbons (Fsp3) is 0.0667. The van der Waals surface area contributed by atoms with Gasteiger partial charge < -0.3 is 4.98 Å². The number of hydrogen-bond donors (Lipinski definition) is 3. The van der Waals surface area contributed by atoms with Crippen molar-refractivity contribution in [2.24, 2.45) is 5.84 Å². The number of hydrogen-bond acceptors (Lipinski definition) is 2. The zero-order valence-electron chi connectivity index (χ0n) is 10.5. The monoisotopic (exact) mass is 289 g/mol. The van der Waals surface area contributed by atoms with Gasteiger partial charge in [-0.05, 0) is 23.8 Å². The average Bonchev–Trinajstić information content (AvgIpc) is 2.88. The quantitative estimate of drug-likeness (QED) is 0.510. The lowest BCUT2D eigenvalue weighted by Gasteiger charge is -2.16. The highest BCUT2D eigenvalue weighted by molar-refractivity contribution is 6.30. The molecule has 0 aliphatic heterocycles. The van der Waals surface area contributed by atoms with Gasteiger partial charge in [-0.2, -0.15) is 0 Å². The highest BCUT2D eigenvalue weighted by Gasteiger charge is 2.17. The molecular weight excluding hydrogens is 277 g/mol. The molecule has 3 nitrogen and oxygen atoms in total. The molecule has 4 N–H and O–H groups in total. The summed E-state index contributed by atoms with van der Waals surface area (Å²) < 4.78 is 13.6. The molecule has 20 heavy (non-hydrogen) atoms. The average molecular weight is 290 g/mol. The van der Waals surface area contributed by atoms with Gasteiger partial charge in [-0.25, -0.2) is 9.82 Å². The third-order valence-corrected chi connectivity index (χ3v) is 3.68. The van der Waals surface area contributed by atoms with E-state index in [4.69, 9.17) is 17.4 Å². The number of aromatic nitrogens is 1. The van der Waals surface area contributed by atoms with E-state index in [1.165, 1.54) is 12.1 Å². The van der Waals surface area contributed by atoms with E-state index in [1.807, 2.05) is 30.5 Å². The van der Waals surface area contributed by atoms with E-state index in [0.717, 1.165) is 22.0 Å². The number of H-pyrrole nitrogens is 1. The highest BCUT2D eigenvalue weighted by atomic mass is 35.5. The molecule has 5 heteroatoms. The van der Waals surface area contributed by atoms with Crippen molar-refractivity contribution in [1.29, 1.82) is 0 Å². The summed E-state index contributed by atoms with van der Waals surface area (Å²) in [5.41, 5.74) is 5.43. The molecule has 0 fully saturated rings. The second-order valence-corrected chi connectivity index (χ2v) is 4.97. The number of aromatic amines is 1. The van der Waals surface area contributed by atoms with E-state index in [1.54, 1.807) is 6.07 Å². The molecule has 0 amide bonds. The lowest BCUT2D eigenvalue weighted by Crippen LogP contribution is -2.28. The van der Waals surface area contributed by atoms with Gasteiger partial charge in [0.2, 0.25) is 0 Å². The summed E-state index contributed by atoms with van der Waals surface area (Å²) in [5, 5.41) is 1.15. The Morgan fingerprint density at radius 3 is 2.75 bits per heavy atom. The molecule has 3 aromatic rings. The van der Waals surface area contributed by atoms with Crippen LogP contribution in [0.5, 0.6) is 0 Å². The van der Waals surface area contributed by atoms with E-state index in [2.05, 4.69) is 10.4 Å². The van der Waals surface area contributed by atoms with Gasteiger partial charge in [0, 0.05) is 22.7 Å². The van der Waals surface area contributed by atoms with Crippen molar-refractivity contribution in [2.75, 3.05) is 0 Å². The summed E-state index contributed by atoms with van der Waals surface area (Å²) in [6.07, 6.45) is 1.88. The predicted octanol–water partition coefficient (Wildman–Crippen LogP) is 3.51. The highest BCUT2D eigenvalue weighted by Crippen LogP contribution is 2.29. The van der Waals surface area contributed by atoms with E-state index < -0.39 is 5.82 Å². The maximum absolute atomic E-state index is 13.6. The van der Waals surface area contributed by atoms with Crippen LogP contribution in [0.15, 0.2) is 48.7 Å². The van der Waals surface area contributed by atoms with E-state index in [0.29, 0.717) is 0 Å². The lowest BCUT2D eigenvalue weighted by atomic mass is 9.99. The number of nitrogens with one attached hydrogen (secondary N) is 2. The molecule has 0 saturated heterocycles. The van der Waals surface area contributed by atoms with Gasteiger partial charge in [0.1, 0.15) is 5.82 Å². The molecule has 1 aromatic heterocycles. The summed E-state index contributed by atoms with van der Waals surface area (Å²) in [7, 11) is 0. The molecule has 1 atom stereocenters. The minimum Gasteiger partial charge on any atom is -0.361 e. The first-order valence-electron chi connectivity index (χ1n) is 6.18. The molecule has 1 heterocycles. The van der Waals surface area contributed by atoms with Crippen LogP contribution in [0, 0.1) is 5.82 Å². The molecule has 2 aromatic carbocycles. The number of rotatable bonds is 3. The van der Waals surface area contributed by atoms with Crippen molar-refractivity contribution < 1.29 is 4.39 Å². The molecule has 0 radical (unpaired) electrons. The molecular formula is C15H13ClFN3. The third-order valence-electron chi connectivity index (χ3n) is 3.38. The standard InChI is InChI=1S/C15H13ClFN3/c16-12-6-5-9(7-13(12)17)15(20-18)11-8-19-14-4-2-1-3-10(11)14/h1-8,15,19-20H,18H2. The molecule has 0 aliphatic carbocycles. The van der Waals surface area contributed by atoms with Gasteiger partial charge in [-0.15, -0.1) is 0 Å². The summed E-state index contributed by atoms with van der Waals surface area (Å²) in [6, 6.07) is 12.3. The van der Waals surface area contributed by atoms with Gasteiger partial charge in [0.25, 0.3) is 0 Å². The first-order valence-corrected chi connectivity index (χ1v) is 6.55. The Hall–Kier alpha value is -1.88. The van der Waals surface area contributed by atoms with Gasteiger partial charge in [0.15, 0.2) is 0 Å². The summed E-state index contributed by atoms with van der Waals surface area (Å²) >= 11 is 5.72. The first-order chi connectivity index (χ1) is 9.70. The Morgan fingerprint density at radius 2 is 2.00 bits per heavy atom. The van der Waals surface area contributed by atoms with Crippen LogP contribution in [0.25, 0.3) is 10.9 Å². The largest absolute Gasteiger partial charge is 0.361 e. The van der Waals surface area contributed by atoms with Crippen molar-refractivity contribution in [3.8, 4) is 0 Å². The van der Waals surface area contributed by atoms with E-state index >= 15 is 0 Å². The van der Waals surface area contributed by atoms with Crippen LogP contribution in [-0.4, -0.2) is 4.98 Å². The normalized spacial score (nSPS) is 12.8. The second-order valence-electron chi connectivity index (χ2n) is 4.56. The zero-order chi connectivity index (χ0) is 14.1. The van der Waals surface area contributed by atoms with Crippen molar-refractivity contribution in [3.63, 3.8) is 0 Å². The SMILES string of the molecule is NNC(c1ccc(Cl)c(F)c1)c1c[nH]c2ccccc12. The van der Waals surface area contributed by atoms with Crippen LogP contribution in [0.1, 0.15) is 17.2 Å². The molecule has 0 aliphatic rings. The topological polar surface area (TPSA) is 53.8 Å². The Kier molecular flexibility index (Phi) is 3.44. The minimum absolute atomic E-state index is 0.100. The Bertz CT molecular complexity index is 754. The van der Waals surface area contributed by atoms with Gasteiger partial charge in [0.05, 0.1) is 11.1 Å². The van der Waals surface area contributed by atoms with E-state index in [9.17, 15) is 4.39 Å². The van der Waals surface area contributed by atoms with Crippen LogP contribution in [-0.2, 0) is 0 Å². The minimum atomic E-state index is -0.454. The molecule has 0 saturated carbocycles. The fourth-order valence-electron chi connectivity index (χ4n) is 2.39. The Labute approximate surface area is 120 Å². The van der Waals surface area contributed by atoms with Gasteiger partial charge >= 0.3 is 0 Å². The number of nitrogens with two attached hydrogens (primary N) is 1. The van der Waals surface area contributed by atoms with Crippen molar-refractivity contribution in [2.45, 2.75) is 6.04 Å². The maximum atomic E-state index is 13.6. The third kappa shape index (κ3) is 2.18. The molecule has 102 valence electrons. The molecule has 1 unspecified atom stereocenters. The predicted molar refractivity (Wildman–Crippen MR) is 78.9 cm³/mol. The summed E-state index contributed by atoms with van der Waals surface area (Å²) in [5.74, 6) is 5.20. The molecule has 3 rings (SSSR count). The van der Waals surface area contributed by atoms with Crippen LogP contribution >= 0.6 is 11.6 Å². The smallest absolute Gasteiger partial charge is 0.142 e. The van der Waals surface area contributed by atoms with E-state index in [-0.39, 0.29) is 11.1 Å². The number of fused-ring (bicyclic) bond motifs is 1.